The van der Waals surface area contributed by atoms with E-state index in [1.807, 2.05) is 10.3 Å². The van der Waals surface area contributed by atoms with E-state index in [1.165, 1.54) is 6.07 Å². The van der Waals surface area contributed by atoms with Crippen LogP contribution in [0.15, 0.2) is 29.9 Å². The maximum atomic E-state index is 11.2. The summed E-state index contributed by atoms with van der Waals surface area (Å²) in [6, 6.07) is 3.21. The minimum Gasteiger partial charge on any atom is -0.341 e. The fourth-order valence-corrected chi connectivity index (χ4v) is 3.38. The SMILES string of the molecule is O=[N+]([O-])c1cccnc1N1CCCCC1c1nccs1. The minimum atomic E-state index is -0.365. The van der Waals surface area contributed by atoms with Gasteiger partial charge in [0.15, 0.2) is 0 Å². The van der Waals surface area contributed by atoms with Crippen molar-refractivity contribution in [3.63, 3.8) is 0 Å². The third kappa shape index (κ3) is 2.36. The van der Waals surface area contributed by atoms with E-state index in [0.717, 1.165) is 30.8 Å². The molecule has 0 aliphatic carbocycles. The number of anilines is 1. The molecule has 1 fully saturated rings. The Morgan fingerprint density at radius 3 is 3.00 bits per heavy atom. The third-order valence-corrected chi connectivity index (χ3v) is 4.35. The lowest BCUT2D eigenvalue weighted by molar-refractivity contribution is -0.384. The Morgan fingerprint density at radius 2 is 2.25 bits per heavy atom. The van der Waals surface area contributed by atoms with E-state index in [0.29, 0.717) is 5.82 Å². The second kappa shape index (κ2) is 5.54. The van der Waals surface area contributed by atoms with E-state index in [-0.39, 0.29) is 16.7 Å². The molecule has 3 rings (SSSR count). The van der Waals surface area contributed by atoms with Crippen LogP contribution in [0.3, 0.4) is 0 Å². The Kier molecular flexibility index (Phi) is 3.60. The van der Waals surface area contributed by atoms with E-state index in [9.17, 15) is 10.1 Å². The Bertz CT molecular complexity index is 602. The summed E-state index contributed by atoms with van der Waals surface area (Å²) < 4.78 is 0. The molecule has 0 bridgehead atoms. The van der Waals surface area contributed by atoms with Gasteiger partial charge in [0.2, 0.25) is 5.82 Å². The van der Waals surface area contributed by atoms with Crippen molar-refractivity contribution in [3.05, 3.63) is 45.0 Å². The fourth-order valence-electron chi connectivity index (χ4n) is 2.59. The summed E-state index contributed by atoms with van der Waals surface area (Å²) in [5.41, 5.74) is 0.0657. The van der Waals surface area contributed by atoms with Gasteiger partial charge in [-0.25, -0.2) is 9.97 Å². The smallest absolute Gasteiger partial charge is 0.311 e. The van der Waals surface area contributed by atoms with Crippen molar-refractivity contribution in [2.45, 2.75) is 25.3 Å². The largest absolute Gasteiger partial charge is 0.341 e. The number of nitro groups is 1. The molecule has 0 spiro atoms. The van der Waals surface area contributed by atoms with Crippen LogP contribution in [-0.4, -0.2) is 21.4 Å². The normalized spacial score (nSPS) is 19.0. The van der Waals surface area contributed by atoms with Crippen LogP contribution in [0.1, 0.15) is 30.3 Å². The molecule has 0 N–H and O–H groups in total. The number of nitrogens with zero attached hydrogens (tertiary/aromatic N) is 4. The molecule has 1 atom stereocenters. The van der Waals surface area contributed by atoms with Crippen molar-refractivity contribution >= 4 is 22.8 Å². The van der Waals surface area contributed by atoms with Crippen molar-refractivity contribution in [3.8, 4) is 0 Å². The van der Waals surface area contributed by atoms with E-state index < -0.39 is 0 Å². The van der Waals surface area contributed by atoms with Gasteiger partial charge in [0.05, 0.1) is 11.0 Å². The highest BCUT2D eigenvalue weighted by atomic mass is 32.1. The molecular formula is C13H14N4O2S. The van der Waals surface area contributed by atoms with Crippen LogP contribution in [0.25, 0.3) is 0 Å². The summed E-state index contributed by atoms with van der Waals surface area (Å²) in [5, 5.41) is 14.1. The number of hydrogen-bond donors (Lipinski definition) is 0. The molecule has 7 heteroatoms. The Labute approximate surface area is 120 Å². The molecule has 1 aliphatic heterocycles. The van der Waals surface area contributed by atoms with Gasteiger partial charge in [0, 0.05) is 30.4 Å². The number of pyridine rings is 1. The third-order valence-electron chi connectivity index (χ3n) is 3.47. The van der Waals surface area contributed by atoms with Gasteiger partial charge >= 0.3 is 5.69 Å². The van der Waals surface area contributed by atoms with E-state index >= 15 is 0 Å². The van der Waals surface area contributed by atoms with Crippen LogP contribution in [0.2, 0.25) is 0 Å². The lowest BCUT2D eigenvalue weighted by Gasteiger charge is -2.34. The van der Waals surface area contributed by atoms with Crippen molar-refractivity contribution in [1.82, 2.24) is 9.97 Å². The molecule has 0 aromatic carbocycles. The molecular weight excluding hydrogens is 276 g/mol. The highest BCUT2D eigenvalue weighted by Gasteiger charge is 2.31. The number of piperidine rings is 1. The molecule has 2 aromatic heterocycles. The first-order valence-electron chi connectivity index (χ1n) is 6.53. The van der Waals surface area contributed by atoms with Crippen LogP contribution >= 0.6 is 11.3 Å². The minimum absolute atomic E-state index is 0.0657. The molecule has 20 heavy (non-hydrogen) atoms. The van der Waals surface area contributed by atoms with Crippen LogP contribution in [-0.2, 0) is 0 Å². The van der Waals surface area contributed by atoms with Gasteiger partial charge in [0.25, 0.3) is 0 Å². The van der Waals surface area contributed by atoms with Crippen LogP contribution in [0.4, 0.5) is 11.5 Å². The lowest BCUT2D eigenvalue weighted by atomic mass is 10.0. The molecule has 104 valence electrons. The summed E-state index contributed by atoms with van der Waals surface area (Å²) in [4.78, 5) is 21.5. The summed E-state index contributed by atoms with van der Waals surface area (Å²) in [5.74, 6) is 0.456. The fraction of sp³-hybridized carbons (Fsp3) is 0.385. The Balaban J connectivity index is 2.00. The maximum absolute atomic E-state index is 11.2. The molecule has 0 amide bonds. The van der Waals surface area contributed by atoms with E-state index in [4.69, 9.17) is 0 Å². The Morgan fingerprint density at radius 1 is 1.35 bits per heavy atom. The first kappa shape index (κ1) is 13.0. The number of rotatable bonds is 3. The average Bonchev–Trinajstić information content (AvgIpc) is 3.01. The predicted octanol–water partition coefficient (Wildman–Crippen LogP) is 3.18. The zero-order chi connectivity index (χ0) is 13.9. The van der Waals surface area contributed by atoms with Crippen molar-refractivity contribution < 1.29 is 4.92 Å². The number of hydrogen-bond acceptors (Lipinski definition) is 6. The van der Waals surface area contributed by atoms with Gasteiger partial charge in [-0.15, -0.1) is 11.3 Å². The van der Waals surface area contributed by atoms with Gasteiger partial charge in [-0.2, -0.15) is 0 Å². The van der Waals surface area contributed by atoms with Gasteiger partial charge in [-0.05, 0) is 25.3 Å². The summed E-state index contributed by atoms with van der Waals surface area (Å²) in [7, 11) is 0. The van der Waals surface area contributed by atoms with Gasteiger partial charge < -0.3 is 4.90 Å². The molecule has 6 nitrogen and oxygen atoms in total. The lowest BCUT2D eigenvalue weighted by Crippen LogP contribution is -2.34. The van der Waals surface area contributed by atoms with Gasteiger partial charge in [0.1, 0.15) is 5.01 Å². The van der Waals surface area contributed by atoms with Crippen molar-refractivity contribution in [2.24, 2.45) is 0 Å². The standard InChI is InChI=1S/C13H14N4O2S/c18-17(19)10-5-3-6-14-12(10)16-8-2-1-4-11(16)13-15-7-9-20-13/h3,5-7,9,11H,1-2,4,8H2. The highest BCUT2D eigenvalue weighted by Crippen LogP contribution is 2.38. The molecule has 0 radical (unpaired) electrons. The zero-order valence-electron chi connectivity index (χ0n) is 10.8. The average molecular weight is 290 g/mol. The topological polar surface area (TPSA) is 72.2 Å². The van der Waals surface area contributed by atoms with Gasteiger partial charge in [-0.3, -0.25) is 10.1 Å². The maximum Gasteiger partial charge on any atom is 0.311 e. The quantitative estimate of drug-likeness (QED) is 0.641. The Hall–Kier alpha value is -2.02. The molecule has 1 aliphatic rings. The molecule has 2 aromatic rings. The first-order valence-corrected chi connectivity index (χ1v) is 7.41. The van der Waals surface area contributed by atoms with Crippen molar-refractivity contribution in [2.75, 3.05) is 11.4 Å². The molecule has 1 unspecified atom stereocenters. The highest BCUT2D eigenvalue weighted by molar-refractivity contribution is 7.09. The van der Waals surface area contributed by atoms with Gasteiger partial charge in [-0.1, -0.05) is 0 Å². The molecule has 1 saturated heterocycles. The second-order valence-corrected chi connectivity index (χ2v) is 5.60. The van der Waals surface area contributed by atoms with E-state index in [2.05, 4.69) is 9.97 Å². The first-order chi connectivity index (χ1) is 9.77. The monoisotopic (exact) mass is 290 g/mol. The van der Waals surface area contributed by atoms with Crippen LogP contribution in [0.5, 0.6) is 0 Å². The summed E-state index contributed by atoms with van der Waals surface area (Å²) >= 11 is 1.59. The number of thiazole rings is 1. The second-order valence-electron chi connectivity index (χ2n) is 4.68. The van der Waals surface area contributed by atoms with Crippen LogP contribution in [0, 0.1) is 10.1 Å². The predicted molar refractivity (Wildman–Crippen MR) is 76.9 cm³/mol. The molecule has 3 heterocycles. The van der Waals surface area contributed by atoms with Crippen LogP contribution < -0.4 is 4.90 Å². The number of aromatic nitrogens is 2. The molecule has 0 saturated carbocycles. The summed E-state index contributed by atoms with van der Waals surface area (Å²) in [6.45, 7) is 0.780. The zero-order valence-corrected chi connectivity index (χ0v) is 11.6. The van der Waals surface area contributed by atoms with E-state index in [1.54, 1.807) is 29.8 Å². The van der Waals surface area contributed by atoms with Crippen molar-refractivity contribution in [1.29, 1.82) is 0 Å². The summed E-state index contributed by atoms with van der Waals surface area (Å²) in [6.07, 6.45) is 6.48.